The van der Waals surface area contributed by atoms with Gasteiger partial charge in [-0.15, -0.1) is 0 Å². The van der Waals surface area contributed by atoms with E-state index >= 15 is 0 Å². The first-order valence-electron chi connectivity index (χ1n) is 14.4. The van der Waals surface area contributed by atoms with Crippen molar-refractivity contribution in [2.24, 2.45) is 0 Å². The molecule has 11 nitrogen and oxygen atoms in total. The zero-order valence-electron chi connectivity index (χ0n) is 26.0. The molecule has 1 fully saturated rings. The average molecular weight is 598 g/mol. The molecule has 4 aromatic rings. The first-order chi connectivity index (χ1) is 21.3. The number of urea groups is 1. The molecule has 5 rings (SSSR count). The maximum atomic E-state index is 14.0. The summed E-state index contributed by atoms with van der Waals surface area (Å²) < 4.78 is 16.8. The van der Waals surface area contributed by atoms with Crippen molar-refractivity contribution in [1.29, 1.82) is 0 Å². The van der Waals surface area contributed by atoms with Crippen LogP contribution in [0.5, 0.6) is 17.2 Å². The molecular weight excluding hydrogens is 558 g/mol. The molecular formula is C33H39N7O4. The molecule has 0 aliphatic carbocycles. The number of nitrogens with one attached hydrogen (secondary N) is 2. The molecule has 0 saturated carbocycles. The van der Waals surface area contributed by atoms with Crippen LogP contribution >= 0.6 is 0 Å². The molecule has 2 amide bonds. The number of methoxy groups -OCH3 is 3. The minimum Gasteiger partial charge on any atom is -0.497 e. The van der Waals surface area contributed by atoms with E-state index in [0.29, 0.717) is 34.6 Å². The van der Waals surface area contributed by atoms with Crippen molar-refractivity contribution in [3.8, 4) is 17.2 Å². The predicted octanol–water partition coefficient (Wildman–Crippen LogP) is 5.98. The molecule has 3 aromatic carbocycles. The number of aryl methyl sites for hydroxylation is 2. The van der Waals surface area contributed by atoms with E-state index in [1.807, 2.05) is 44.2 Å². The monoisotopic (exact) mass is 597 g/mol. The van der Waals surface area contributed by atoms with Crippen molar-refractivity contribution in [1.82, 2.24) is 14.9 Å². The number of likely N-dealkylation sites (N-methyl/N-ethyl adjacent to an activating group) is 1. The molecule has 0 atom stereocenters. The van der Waals surface area contributed by atoms with Crippen LogP contribution in [-0.4, -0.2) is 75.5 Å². The Morgan fingerprint density at radius 1 is 0.841 bits per heavy atom. The highest BCUT2D eigenvalue weighted by atomic mass is 16.5. The Morgan fingerprint density at radius 3 is 2.25 bits per heavy atom. The maximum absolute atomic E-state index is 14.0. The molecule has 2 heterocycles. The summed E-state index contributed by atoms with van der Waals surface area (Å²) in [6.07, 6.45) is 1.41. The quantitative estimate of drug-likeness (QED) is 0.241. The van der Waals surface area contributed by atoms with Gasteiger partial charge in [0.25, 0.3) is 0 Å². The Balaban J connectivity index is 1.49. The first-order valence-corrected chi connectivity index (χ1v) is 14.4. The van der Waals surface area contributed by atoms with Gasteiger partial charge in [-0.25, -0.2) is 19.7 Å². The Morgan fingerprint density at radius 2 is 1.57 bits per heavy atom. The van der Waals surface area contributed by atoms with E-state index < -0.39 is 6.03 Å². The number of benzene rings is 3. The lowest BCUT2D eigenvalue weighted by molar-refractivity contribution is 0.258. The van der Waals surface area contributed by atoms with E-state index in [1.54, 1.807) is 45.6 Å². The van der Waals surface area contributed by atoms with Crippen molar-refractivity contribution >= 4 is 40.4 Å². The molecule has 11 heteroatoms. The number of para-hydroxylation sites is 1. The second-order valence-electron chi connectivity index (χ2n) is 10.6. The zero-order chi connectivity index (χ0) is 31.2. The van der Waals surface area contributed by atoms with Crippen LogP contribution in [0.4, 0.5) is 39.2 Å². The fourth-order valence-electron chi connectivity index (χ4n) is 5.20. The second kappa shape index (κ2) is 13.5. The van der Waals surface area contributed by atoms with Crippen LogP contribution in [0.3, 0.4) is 0 Å². The van der Waals surface area contributed by atoms with E-state index in [1.165, 1.54) is 11.2 Å². The third-order valence-corrected chi connectivity index (χ3v) is 7.74. The highest BCUT2D eigenvalue weighted by molar-refractivity contribution is 6.08. The van der Waals surface area contributed by atoms with Gasteiger partial charge in [-0.3, -0.25) is 0 Å². The molecule has 230 valence electrons. The van der Waals surface area contributed by atoms with Gasteiger partial charge < -0.3 is 34.6 Å². The van der Waals surface area contributed by atoms with Gasteiger partial charge >= 0.3 is 6.03 Å². The molecule has 44 heavy (non-hydrogen) atoms. The van der Waals surface area contributed by atoms with Crippen LogP contribution in [0.2, 0.25) is 0 Å². The van der Waals surface area contributed by atoms with Crippen molar-refractivity contribution < 1.29 is 19.0 Å². The highest BCUT2D eigenvalue weighted by Crippen LogP contribution is 2.38. The topological polar surface area (TPSA) is 104 Å². The summed E-state index contributed by atoms with van der Waals surface area (Å²) in [5.41, 5.74) is 4.94. The lowest BCUT2D eigenvalue weighted by atomic mass is 10.1. The van der Waals surface area contributed by atoms with Crippen LogP contribution in [0.1, 0.15) is 11.1 Å². The fourth-order valence-corrected chi connectivity index (χ4v) is 5.20. The summed E-state index contributed by atoms with van der Waals surface area (Å²) in [5.74, 6) is 2.54. The minimum absolute atomic E-state index is 0.336. The molecule has 0 radical (unpaired) electrons. The fraction of sp³-hybridized carbons (Fsp3) is 0.303. The standard InChI is InChI=1S/C33H39N7O4/c1-22-8-7-9-23(2)32(22)37-33(41)40(27-13-11-25(42-4)19-29(27)44-6)31-20-30(34-21-35-31)36-26-12-10-24(18-28(26)43-5)39-16-14-38(3)15-17-39/h7-13,18-21H,14-17H2,1-6H3,(H,37,41)(H,34,35,36). The Labute approximate surface area is 258 Å². The summed E-state index contributed by atoms with van der Waals surface area (Å²) in [4.78, 5) is 29.1. The molecule has 1 saturated heterocycles. The summed E-state index contributed by atoms with van der Waals surface area (Å²) in [6, 6.07) is 18.5. The Kier molecular flexibility index (Phi) is 9.35. The van der Waals surface area contributed by atoms with Crippen LogP contribution in [-0.2, 0) is 0 Å². The molecule has 2 N–H and O–H groups in total. The van der Waals surface area contributed by atoms with Gasteiger partial charge in [-0.1, -0.05) is 18.2 Å². The number of amides is 2. The number of carbonyl (C=O) groups excluding carboxylic acids is 1. The number of hydrogen-bond acceptors (Lipinski definition) is 9. The molecule has 0 bridgehead atoms. The molecule has 1 aliphatic heterocycles. The molecule has 1 aliphatic rings. The zero-order valence-corrected chi connectivity index (χ0v) is 26.0. The van der Waals surface area contributed by atoms with E-state index in [0.717, 1.165) is 54.4 Å². The first kappa shape index (κ1) is 30.4. The Bertz CT molecular complexity index is 1600. The van der Waals surface area contributed by atoms with Gasteiger partial charge in [0.15, 0.2) is 0 Å². The van der Waals surface area contributed by atoms with Crippen molar-refractivity contribution in [3.05, 3.63) is 78.1 Å². The number of ether oxygens (including phenoxy) is 3. The summed E-state index contributed by atoms with van der Waals surface area (Å²) in [5, 5.41) is 6.42. The third-order valence-electron chi connectivity index (χ3n) is 7.74. The van der Waals surface area contributed by atoms with Gasteiger partial charge in [0.05, 0.1) is 32.7 Å². The van der Waals surface area contributed by atoms with Gasteiger partial charge in [0.1, 0.15) is 35.2 Å². The number of aromatic nitrogens is 2. The lowest BCUT2D eigenvalue weighted by Gasteiger charge is -2.34. The Hall–Kier alpha value is -5.03. The van der Waals surface area contributed by atoms with Crippen LogP contribution in [0.15, 0.2) is 67.0 Å². The van der Waals surface area contributed by atoms with Crippen molar-refractivity contribution in [2.45, 2.75) is 13.8 Å². The molecule has 0 unspecified atom stereocenters. The van der Waals surface area contributed by atoms with E-state index in [-0.39, 0.29) is 0 Å². The average Bonchev–Trinajstić information content (AvgIpc) is 3.04. The molecule has 1 aromatic heterocycles. The van der Waals surface area contributed by atoms with Crippen LogP contribution in [0, 0.1) is 13.8 Å². The summed E-state index contributed by atoms with van der Waals surface area (Å²) in [7, 11) is 6.91. The van der Waals surface area contributed by atoms with E-state index in [9.17, 15) is 4.79 Å². The lowest BCUT2D eigenvalue weighted by Crippen LogP contribution is -2.44. The third kappa shape index (κ3) is 6.63. The second-order valence-corrected chi connectivity index (χ2v) is 10.6. The van der Waals surface area contributed by atoms with Gasteiger partial charge in [-0.05, 0) is 56.3 Å². The smallest absolute Gasteiger partial charge is 0.332 e. The number of rotatable bonds is 9. The number of piperazine rings is 1. The minimum atomic E-state index is -0.412. The van der Waals surface area contributed by atoms with Gasteiger partial charge in [-0.2, -0.15) is 0 Å². The number of hydrogen-bond donors (Lipinski definition) is 2. The summed E-state index contributed by atoms with van der Waals surface area (Å²) in [6.45, 7) is 7.84. The van der Waals surface area contributed by atoms with Crippen LogP contribution in [0.25, 0.3) is 0 Å². The summed E-state index contributed by atoms with van der Waals surface area (Å²) >= 11 is 0. The SMILES string of the molecule is COc1ccc(N(C(=O)Nc2c(C)cccc2C)c2cc(Nc3ccc(N4CCN(C)CC4)cc3OC)ncn2)c(OC)c1. The van der Waals surface area contributed by atoms with Crippen molar-refractivity contribution in [3.63, 3.8) is 0 Å². The van der Waals surface area contributed by atoms with Crippen molar-refractivity contribution in [2.75, 3.05) is 75.0 Å². The van der Waals surface area contributed by atoms with Crippen LogP contribution < -0.4 is 34.6 Å². The molecule has 0 spiro atoms. The maximum Gasteiger partial charge on any atom is 0.332 e. The largest absolute Gasteiger partial charge is 0.497 e. The predicted molar refractivity (Wildman–Crippen MR) is 175 cm³/mol. The van der Waals surface area contributed by atoms with E-state index in [2.05, 4.69) is 43.5 Å². The number of nitrogens with zero attached hydrogens (tertiary/aromatic N) is 5. The van der Waals surface area contributed by atoms with Gasteiger partial charge in [0, 0.05) is 55.8 Å². The normalized spacial score (nSPS) is 13.3. The highest BCUT2D eigenvalue weighted by Gasteiger charge is 2.25. The van der Waals surface area contributed by atoms with E-state index in [4.69, 9.17) is 14.2 Å². The van der Waals surface area contributed by atoms with Gasteiger partial charge in [0.2, 0.25) is 0 Å². The number of anilines is 6. The number of carbonyl (C=O) groups is 1.